The normalized spacial score (nSPS) is 10.6. The lowest BCUT2D eigenvalue weighted by molar-refractivity contribution is 0.477. The van der Waals surface area contributed by atoms with Crippen LogP contribution in [-0.4, -0.2) is 15.1 Å². The van der Waals surface area contributed by atoms with Gasteiger partial charge in [0.25, 0.3) is 0 Å². The van der Waals surface area contributed by atoms with E-state index in [9.17, 15) is 5.11 Å². The highest BCUT2D eigenvalue weighted by Crippen LogP contribution is 2.29. The minimum absolute atomic E-state index is 0.221. The topological polar surface area (TPSA) is 46.0 Å². The summed E-state index contributed by atoms with van der Waals surface area (Å²) < 4.78 is 0. The van der Waals surface area contributed by atoms with E-state index in [1.165, 1.54) is 0 Å². The maximum absolute atomic E-state index is 10.1. The third kappa shape index (κ3) is 3.12. The molecular weight excluding hydrogens is 308 g/mol. The second-order valence-electron chi connectivity index (χ2n) is 5.70. The lowest BCUT2D eigenvalue weighted by Gasteiger charge is -2.07. The van der Waals surface area contributed by atoms with Gasteiger partial charge in [-0.3, -0.25) is 0 Å². The zero-order valence-electron chi connectivity index (χ0n) is 13.5. The van der Waals surface area contributed by atoms with Crippen LogP contribution in [0.2, 0.25) is 0 Å². The van der Waals surface area contributed by atoms with E-state index in [-0.39, 0.29) is 5.75 Å². The first-order valence-electron chi connectivity index (χ1n) is 8.09. The SMILES string of the molecule is Oc1ccccc1-c1cccc(-c2cccc(-c3ccccc3)n2)n1. The van der Waals surface area contributed by atoms with Gasteiger partial charge in [0.15, 0.2) is 0 Å². The molecule has 0 spiro atoms. The molecule has 0 aliphatic heterocycles. The molecule has 3 nitrogen and oxygen atoms in total. The van der Waals surface area contributed by atoms with Crippen LogP contribution in [0, 0.1) is 0 Å². The van der Waals surface area contributed by atoms with Crippen molar-refractivity contribution in [2.45, 2.75) is 0 Å². The van der Waals surface area contributed by atoms with Gasteiger partial charge in [-0.1, -0.05) is 54.6 Å². The molecule has 0 atom stereocenters. The molecular formula is C22H16N2O. The maximum atomic E-state index is 10.1. The fourth-order valence-corrected chi connectivity index (χ4v) is 2.76. The first-order chi connectivity index (χ1) is 12.3. The van der Waals surface area contributed by atoms with Gasteiger partial charge in [-0.05, 0) is 36.4 Å². The van der Waals surface area contributed by atoms with Crippen molar-refractivity contribution in [1.29, 1.82) is 0 Å². The Hall–Kier alpha value is -3.46. The molecule has 0 saturated carbocycles. The van der Waals surface area contributed by atoms with Crippen LogP contribution in [-0.2, 0) is 0 Å². The summed E-state index contributed by atoms with van der Waals surface area (Å²) in [7, 11) is 0. The Kier molecular flexibility index (Phi) is 3.97. The van der Waals surface area contributed by atoms with Crippen molar-refractivity contribution >= 4 is 0 Å². The summed E-state index contributed by atoms with van der Waals surface area (Å²) in [4.78, 5) is 9.43. The number of benzene rings is 2. The summed E-state index contributed by atoms with van der Waals surface area (Å²) in [5.74, 6) is 0.221. The molecule has 4 aromatic rings. The molecule has 0 aliphatic carbocycles. The van der Waals surface area contributed by atoms with Gasteiger partial charge in [0.1, 0.15) is 5.75 Å². The highest BCUT2D eigenvalue weighted by molar-refractivity contribution is 5.70. The average molecular weight is 324 g/mol. The molecule has 2 aromatic carbocycles. The van der Waals surface area contributed by atoms with E-state index in [2.05, 4.69) is 4.98 Å². The molecule has 120 valence electrons. The first-order valence-corrected chi connectivity index (χ1v) is 8.09. The molecule has 4 rings (SSSR count). The quantitative estimate of drug-likeness (QED) is 0.564. The van der Waals surface area contributed by atoms with Gasteiger partial charge in [-0.15, -0.1) is 0 Å². The molecule has 0 saturated heterocycles. The highest BCUT2D eigenvalue weighted by atomic mass is 16.3. The number of phenolic OH excluding ortho intramolecular Hbond substituents is 1. The Morgan fingerprint density at radius 1 is 0.480 bits per heavy atom. The zero-order valence-corrected chi connectivity index (χ0v) is 13.5. The van der Waals surface area contributed by atoms with Crippen molar-refractivity contribution in [2.24, 2.45) is 0 Å². The molecule has 0 fully saturated rings. The molecule has 0 amide bonds. The Morgan fingerprint density at radius 3 is 1.76 bits per heavy atom. The van der Waals surface area contributed by atoms with Crippen molar-refractivity contribution in [3.63, 3.8) is 0 Å². The maximum Gasteiger partial charge on any atom is 0.124 e. The number of hydrogen-bond donors (Lipinski definition) is 1. The molecule has 2 heterocycles. The summed E-state index contributed by atoms with van der Waals surface area (Å²) in [6.07, 6.45) is 0. The third-order valence-electron chi connectivity index (χ3n) is 4.01. The number of aromatic hydroxyl groups is 1. The summed E-state index contributed by atoms with van der Waals surface area (Å²) in [5, 5.41) is 10.1. The Morgan fingerprint density at radius 2 is 1.04 bits per heavy atom. The van der Waals surface area contributed by atoms with Crippen LogP contribution in [0.5, 0.6) is 5.75 Å². The van der Waals surface area contributed by atoms with Crippen molar-refractivity contribution in [3.05, 3.63) is 91.0 Å². The summed E-state index contributed by atoms with van der Waals surface area (Å²) in [6.45, 7) is 0. The molecule has 25 heavy (non-hydrogen) atoms. The van der Waals surface area contributed by atoms with E-state index in [1.807, 2.05) is 78.9 Å². The van der Waals surface area contributed by atoms with Crippen LogP contribution in [0.1, 0.15) is 0 Å². The van der Waals surface area contributed by atoms with Crippen molar-refractivity contribution in [1.82, 2.24) is 9.97 Å². The van der Waals surface area contributed by atoms with Crippen LogP contribution in [0.25, 0.3) is 33.9 Å². The molecule has 0 aliphatic rings. The predicted molar refractivity (Wildman–Crippen MR) is 100 cm³/mol. The highest BCUT2D eigenvalue weighted by Gasteiger charge is 2.08. The van der Waals surface area contributed by atoms with Gasteiger partial charge in [0.05, 0.1) is 22.8 Å². The predicted octanol–water partition coefficient (Wildman–Crippen LogP) is 5.18. The van der Waals surface area contributed by atoms with Crippen molar-refractivity contribution in [3.8, 4) is 39.7 Å². The Labute approximate surface area is 146 Å². The standard InChI is InChI=1S/C22H16N2O/c25-22-15-5-4-10-17(22)19-12-7-14-21(24-19)20-13-6-11-18(23-20)16-8-2-1-3-9-16/h1-15,25H. The molecule has 0 unspecified atom stereocenters. The molecule has 2 aromatic heterocycles. The van der Waals surface area contributed by atoms with Crippen LogP contribution < -0.4 is 0 Å². The van der Waals surface area contributed by atoms with Crippen LogP contribution in [0.15, 0.2) is 91.0 Å². The lowest BCUT2D eigenvalue weighted by Crippen LogP contribution is -1.92. The largest absolute Gasteiger partial charge is 0.507 e. The average Bonchev–Trinajstić information content (AvgIpc) is 2.69. The summed E-state index contributed by atoms with van der Waals surface area (Å²) >= 11 is 0. The molecule has 1 N–H and O–H groups in total. The van der Waals surface area contributed by atoms with Crippen LogP contribution in [0.4, 0.5) is 0 Å². The van der Waals surface area contributed by atoms with Gasteiger partial charge < -0.3 is 5.11 Å². The summed E-state index contributed by atoms with van der Waals surface area (Å²) in [6, 6.07) is 29.0. The number of aromatic nitrogens is 2. The smallest absolute Gasteiger partial charge is 0.124 e. The fourth-order valence-electron chi connectivity index (χ4n) is 2.76. The van der Waals surface area contributed by atoms with E-state index >= 15 is 0 Å². The second kappa shape index (κ2) is 6.57. The fraction of sp³-hybridized carbons (Fsp3) is 0. The molecule has 0 bridgehead atoms. The van der Waals surface area contributed by atoms with Gasteiger partial charge in [-0.2, -0.15) is 0 Å². The number of pyridine rings is 2. The zero-order chi connectivity index (χ0) is 17.1. The summed E-state index contributed by atoms with van der Waals surface area (Å²) in [5.41, 5.74) is 5.00. The van der Waals surface area contributed by atoms with Crippen molar-refractivity contribution < 1.29 is 5.11 Å². The van der Waals surface area contributed by atoms with E-state index in [4.69, 9.17) is 4.98 Å². The first kappa shape index (κ1) is 15.1. The van der Waals surface area contributed by atoms with Gasteiger partial charge in [0.2, 0.25) is 0 Å². The van der Waals surface area contributed by atoms with Gasteiger partial charge in [0, 0.05) is 11.1 Å². The van der Waals surface area contributed by atoms with Crippen LogP contribution >= 0.6 is 0 Å². The van der Waals surface area contributed by atoms with Gasteiger partial charge >= 0.3 is 0 Å². The van der Waals surface area contributed by atoms with Crippen LogP contribution in [0.3, 0.4) is 0 Å². The number of rotatable bonds is 3. The molecule has 0 radical (unpaired) electrons. The monoisotopic (exact) mass is 324 g/mol. The number of para-hydroxylation sites is 1. The Bertz CT molecular complexity index is 1010. The third-order valence-corrected chi connectivity index (χ3v) is 4.01. The number of hydrogen-bond acceptors (Lipinski definition) is 3. The number of nitrogens with zero attached hydrogens (tertiary/aromatic N) is 2. The van der Waals surface area contributed by atoms with E-state index in [0.717, 1.165) is 28.3 Å². The lowest BCUT2D eigenvalue weighted by atomic mass is 10.1. The van der Waals surface area contributed by atoms with Crippen molar-refractivity contribution in [2.75, 3.05) is 0 Å². The minimum Gasteiger partial charge on any atom is -0.507 e. The second-order valence-corrected chi connectivity index (χ2v) is 5.70. The van der Waals surface area contributed by atoms with E-state index < -0.39 is 0 Å². The molecule has 3 heteroatoms. The minimum atomic E-state index is 0.221. The number of phenols is 1. The van der Waals surface area contributed by atoms with E-state index in [0.29, 0.717) is 5.56 Å². The van der Waals surface area contributed by atoms with E-state index in [1.54, 1.807) is 12.1 Å². The Balaban J connectivity index is 1.76. The van der Waals surface area contributed by atoms with Gasteiger partial charge in [-0.25, -0.2) is 9.97 Å².